The highest BCUT2D eigenvalue weighted by atomic mass is 19.1. The summed E-state index contributed by atoms with van der Waals surface area (Å²) in [5.41, 5.74) is 0.473. The number of likely N-dealkylation sites (N-methyl/N-ethyl adjacent to an activating group) is 1. The summed E-state index contributed by atoms with van der Waals surface area (Å²) in [6, 6.07) is 8.53. The molecule has 0 bridgehead atoms. The summed E-state index contributed by atoms with van der Waals surface area (Å²) in [5.74, 6) is 0.356. The Balaban J connectivity index is 0.000000356. The lowest BCUT2D eigenvalue weighted by atomic mass is 10.2. The van der Waals surface area contributed by atoms with Gasteiger partial charge < -0.3 is 29.4 Å². The predicted molar refractivity (Wildman–Crippen MR) is 133 cm³/mol. The fraction of sp³-hybridized carbons (Fsp3) is 0.360. The number of amides is 2. The molecule has 37 heavy (non-hydrogen) atoms. The van der Waals surface area contributed by atoms with E-state index in [2.05, 4.69) is 15.4 Å². The molecule has 1 unspecified atom stereocenters. The van der Waals surface area contributed by atoms with E-state index in [4.69, 9.17) is 14.2 Å². The van der Waals surface area contributed by atoms with Crippen molar-refractivity contribution in [3.63, 3.8) is 0 Å². The monoisotopic (exact) mass is 515 g/mol. The molecule has 1 aliphatic heterocycles. The fourth-order valence-corrected chi connectivity index (χ4v) is 3.28. The van der Waals surface area contributed by atoms with Crippen LogP contribution in [-0.2, 0) is 20.9 Å². The van der Waals surface area contributed by atoms with Crippen molar-refractivity contribution < 1.29 is 28.2 Å². The zero-order valence-corrected chi connectivity index (χ0v) is 20.7. The van der Waals surface area contributed by atoms with Crippen molar-refractivity contribution in [3.05, 3.63) is 71.0 Å². The van der Waals surface area contributed by atoms with Gasteiger partial charge in [-0.2, -0.15) is 5.10 Å². The molecule has 1 atom stereocenters. The van der Waals surface area contributed by atoms with Crippen molar-refractivity contribution in [1.82, 2.24) is 19.7 Å². The smallest absolute Gasteiger partial charge is 0.253 e. The molecule has 12 heteroatoms. The van der Waals surface area contributed by atoms with Crippen LogP contribution in [0.25, 0.3) is 0 Å². The number of ether oxygens (including phenoxy) is 3. The van der Waals surface area contributed by atoms with Crippen LogP contribution < -0.4 is 20.2 Å². The number of benzene rings is 1. The summed E-state index contributed by atoms with van der Waals surface area (Å²) in [7, 11) is 3.17. The zero-order chi connectivity index (χ0) is 26.6. The second-order valence-electron chi connectivity index (χ2n) is 8.13. The molecule has 1 fully saturated rings. The second kappa shape index (κ2) is 13.8. The Bertz CT molecular complexity index is 1210. The average molecular weight is 516 g/mol. The van der Waals surface area contributed by atoms with Gasteiger partial charge in [0.2, 0.25) is 5.91 Å². The molecule has 4 rings (SSSR count). The summed E-state index contributed by atoms with van der Waals surface area (Å²) in [6.07, 6.45) is 5.82. The van der Waals surface area contributed by atoms with Gasteiger partial charge in [-0.15, -0.1) is 0 Å². The standard InChI is InChI=1S/C19H23FN4O4.C6H7NO2/c1-23(8-10-27-16-6-4-14(20)5-7-16)18(25)13-24-12-15(11-21-24)22-19(26)17-3-2-9-28-17;1-9-6-4-5(8)2-3-7-6/h4-7,11-12,17H,2-3,8-10,13H2,1H3,(H,22,26);2-4H,1H3,(H,7,8). The Morgan fingerprint density at radius 3 is 2.73 bits per heavy atom. The number of aromatic nitrogens is 3. The van der Waals surface area contributed by atoms with E-state index in [-0.39, 0.29) is 36.2 Å². The molecule has 3 heterocycles. The molecular formula is C25H30FN5O6. The summed E-state index contributed by atoms with van der Waals surface area (Å²) < 4.78 is 29.9. The van der Waals surface area contributed by atoms with Gasteiger partial charge in [-0.25, -0.2) is 4.39 Å². The topological polar surface area (TPSA) is 128 Å². The van der Waals surface area contributed by atoms with Gasteiger partial charge in [0.05, 0.1) is 25.5 Å². The van der Waals surface area contributed by atoms with Crippen molar-refractivity contribution in [1.29, 1.82) is 0 Å². The van der Waals surface area contributed by atoms with Crippen molar-refractivity contribution in [2.45, 2.75) is 25.5 Å². The number of nitrogens with zero attached hydrogens (tertiary/aromatic N) is 3. The van der Waals surface area contributed by atoms with Crippen LogP contribution in [0, 0.1) is 5.82 Å². The number of aromatic amines is 1. The van der Waals surface area contributed by atoms with Gasteiger partial charge in [-0.3, -0.25) is 19.1 Å². The molecule has 11 nitrogen and oxygen atoms in total. The number of carbonyl (C=O) groups excluding carboxylic acids is 2. The molecule has 0 radical (unpaired) electrons. The maximum atomic E-state index is 12.9. The number of pyridine rings is 1. The second-order valence-corrected chi connectivity index (χ2v) is 8.13. The number of halogens is 1. The summed E-state index contributed by atoms with van der Waals surface area (Å²) in [4.78, 5) is 39.1. The average Bonchev–Trinajstić information content (AvgIpc) is 3.58. The zero-order valence-electron chi connectivity index (χ0n) is 20.7. The molecule has 0 aliphatic carbocycles. The van der Waals surface area contributed by atoms with E-state index >= 15 is 0 Å². The molecule has 2 N–H and O–H groups in total. The minimum Gasteiger partial charge on any atom is -0.492 e. The van der Waals surface area contributed by atoms with E-state index in [9.17, 15) is 18.8 Å². The molecule has 0 spiro atoms. The molecule has 0 saturated carbocycles. The quantitative estimate of drug-likeness (QED) is 0.447. The van der Waals surface area contributed by atoms with Gasteiger partial charge in [-0.05, 0) is 37.1 Å². The summed E-state index contributed by atoms with van der Waals surface area (Å²) in [6.45, 7) is 1.31. The van der Waals surface area contributed by atoms with Gasteiger partial charge in [0, 0.05) is 38.2 Å². The number of hydrogen-bond donors (Lipinski definition) is 2. The van der Waals surface area contributed by atoms with Crippen molar-refractivity contribution in [2.24, 2.45) is 0 Å². The Morgan fingerprint density at radius 1 is 1.30 bits per heavy atom. The maximum absolute atomic E-state index is 12.9. The van der Waals surface area contributed by atoms with Gasteiger partial charge >= 0.3 is 0 Å². The van der Waals surface area contributed by atoms with E-state index in [1.807, 2.05) is 0 Å². The normalized spacial score (nSPS) is 14.3. The Kier molecular flexibility index (Phi) is 10.2. The van der Waals surface area contributed by atoms with Crippen LogP contribution in [0.15, 0.2) is 59.8 Å². The molecule has 3 aromatic rings. The predicted octanol–water partition coefficient (Wildman–Crippen LogP) is 2.06. The summed E-state index contributed by atoms with van der Waals surface area (Å²) >= 11 is 0. The van der Waals surface area contributed by atoms with Gasteiger partial charge in [0.1, 0.15) is 30.8 Å². The van der Waals surface area contributed by atoms with Crippen LogP contribution in [0.2, 0.25) is 0 Å². The number of methoxy groups -OCH3 is 1. The molecular weight excluding hydrogens is 485 g/mol. The molecule has 1 saturated heterocycles. The van der Waals surface area contributed by atoms with E-state index in [1.54, 1.807) is 19.4 Å². The first-order chi connectivity index (χ1) is 17.8. The van der Waals surface area contributed by atoms with E-state index in [0.29, 0.717) is 36.9 Å². The molecule has 2 aromatic heterocycles. The SMILES string of the molecule is CN(CCOc1ccc(F)cc1)C(=O)Cn1cc(NC(=O)C2CCCO2)cn1.COc1cc(=O)cc[nH]1. The van der Waals surface area contributed by atoms with E-state index in [0.717, 1.165) is 6.42 Å². The number of anilines is 1. The number of hydrogen-bond acceptors (Lipinski definition) is 7. The first kappa shape index (κ1) is 27.4. The molecule has 2 amide bonds. The highest BCUT2D eigenvalue weighted by Crippen LogP contribution is 2.15. The van der Waals surface area contributed by atoms with Crippen molar-refractivity contribution in [2.75, 3.05) is 39.2 Å². The van der Waals surface area contributed by atoms with Gasteiger partial charge in [-0.1, -0.05) is 0 Å². The minimum absolute atomic E-state index is 0.0445. The largest absolute Gasteiger partial charge is 0.492 e. The number of nitrogens with one attached hydrogen (secondary N) is 2. The number of carbonyl (C=O) groups is 2. The van der Waals surface area contributed by atoms with Crippen LogP contribution in [0.5, 0.6) is 11.6 Å². The lowest BCUT2D eigenvalue weighted by Gasteiger charge is -2.17. The minimum atomic E-state index is -0.419. The van der Waals surface area contributed by atoms with Crippen molar-refractivity contribution in [3.8, 4) is 11.6 Å². The molecule has 1 aromatic carbocycles. The van der Waals surface area contributed by atoms with Crippen LogP contribution in [0.1, 0.15) is 12.8 Å². The van der Waals surface area contributed by atoms with Gasteiger partial charge in [0.15, 0.2) is 11.3 Å². The number of rotatable bonds is 9. The first-order valence-electron chi connectivity index (χ1n) is 11.6. The van der Waals surface area contributed by atoms with Crippen LogP contribution in [0.3, 0.4) is 0 Å². The third kappa shape index (κ3) is 9.08. The van der Waals surface area contributed by atoms with E-state index in [1.165, 1.54) is 59.3 Å². The Morgan fingerprint density at radius 2 is 2.08 bits per heavy atom. The van der Waals surface area contributed by atoms with Crippen LogP contribution in [0.4, 0.5) is 10.1 Å². The third-order valence-electron chi connectivity index (χ3n) is 5.32. The highest BCUT2D eigenvalue weighted by Gasteiger charge is 2.24. The molecule has 1 aliphatic rings. The lowest BCUT2D eigenvalue weighted by molar-refractivity contribution is -0.131. The third-order valence-corrected chi connectivity index (χ3v) is 5.32. The van der Waals surface area contributed by atoms with Crippen LogP contribution in [-0.4, -0.2) is 71.5 Å². The number of H-pyrrole nitrogens is 1. The lowest BCUT2D eigenvalue weighted by Crippen LogP contribution is -2.33. The molecule has 198 valence electrons. The maximum Gasteiger partial charge on any atom is 0.253 e. The Labute approximate surface area is 213 Å². The first-order valence-corrected chi connectivity index (χ1v) is 11.6. The highest BCUT2D eigenvalue weighted by molar-refractivity contribution is 5.94. The van der Waals surface area contributed by atoms with Crippen molar-refractivity contribution >= 4 is 17.5 Å². The van der Waals surface area contributed by atoms with Gasteiger partial charge in [0.25, 0.3) is 5.91 Å². The Hall–Kier alpha value is -4.19. The van der Waals surface area contributed by atoms with E-state index < -0.39 is 6.10 Å². The fourth-order valence-electron chi connectivity index (χ4n) is 3.28. The van der Waals surface area contributed by atoms with Crippen LogP contribution >= 0.6 is 0 Å². The summed E-state index contributed by atoms with van der Waals surface area (Å²) in [5, 5.41) is 6.85.